The summed E-state index contributed by atoms with van der Waals surface area (Å²) in [6.45, 7) is 7.32. The van der Waals surface area contributed by atoms with E-state index in [4.69, 9.17) is 16.6 Å². The van der Waals surface area contributed by atoms with E-state index < -0.39 is 0 Å². The molecule has 0 amide bonds. The largest absolute Gasteiger partial charge is 0.357 e. The molecule has 146 valence electrons. The van der Waals surface area contributed by atoms with Crippen molar-refractivity contribution in [1.29, 1.82) is 0 Å². The topological polar surface area (TPSA) is 56.7 Å². The molecule has 0 atom stereocenters. The van der Waals surface area contributed by atoms with Crippen LogP contribution in [0, 0.1) is 0 Å². The lowest BCUT2D eigenvalue weighted by atomic mass is 10.1. The Labute approximate surface area is 183 Å². The lowest BCUT2D eigenvalue weighted by molar-refractivity contribution is 0.370. The molecule has 1 N–H and O–H groups in total. The maximum atomic E-state index is 5.94. The van der Waals surface area contributed by atoms with Crippen LogP contribution in [0.3, 0.4) is 0 Å². The van der Waals surface area contributed by atoms with Crippen LogP contribution in [0.1, 0.15) is 12.5 Å². The van der Waals surface area contributed by atoms with Gasteiger partial charge in [-0.2, -0.15) is 0 Å². The van der Waals surface area contributed by atoms with E-state index in [2.05, 4.69) is 44.1 Å². The molecule has 1 aliphatic heterocycles. The fourth-order valence-electron chi connectivity index (χ4n) is 2.94. The number of nitrogens with zero attached hydrogens (tertiary/aromatic N) is 5. The zero-order valence-electron chi connectivity index (χ0n) is 15.5. The number of piperazine rings is 1. The van der Waals surface area contributed by atoms with Gasteiger partial charge < -0.3 is 15.1 Å². The minimum absolute atomic E-state index is 0. The third kappa shape index (κ3) is 6.49. The predicted octanol–water partition coefficient (Wildman–Crippen LogP) is 3.08. The fraction of sp³-hybridized carbons (Fsp3) is 0.421. The summed E-state index contributed by atoms with van der Waals surface area (Å²) < 4.78 is 0. The highest BCUT2D eigenvalue weighted by atomic mass is 127. The highest BCUT2D eigenvalue weighted by Crippen LogP contribution is 2.11. The summed E-state index contributed by atoms with van der Waals surface area (Å²) in [6.07, 6.45) is 4.48. The van der Waals surface area contributed by atoms with Crippen LogP contribution in [0.5, 0.6) is 0 Å². The van der Waals surface area contributed by atoms with Crippen LogP contribution < -0.4 is 10.2 Å². The Morgan fingerprint density at radius 3 is 2.41 bits per heavy atom. The Morgan fingerprint density at radius 2 is 1.78 bits per heavy atom. The molecule has 0 aliphatic carbocycles. The smallest absolute Gasteiger partial charge is 0.225 e. The third-order valence-electron chi connectivity index (χ3n) is 4.32. The van der Waals surface area contributed by atoms with Gasteiger partial charge in [-0.1, -0.05) is 23.7 Å². The van der Waals surface area contributed by atoms with Gasteiger partial charge in [-0.05, 0) is 37.1 Å². The summed E-state index contributed by atoms with van der Waals surface area (Å²) in [5.41, 5.74) is 1.25. The van der Waals surface area contributed by atoms with E-state index in [1.54, 1.807) is 12.4 Å². The number of hydrogen-bond donors (Lipinski definition) is 1. The van der Waals surface area contributed by atoms with E-state index in [1.807, 2.05) is 18.2 Å². The Bertz CT molecular complexity index is 702. The summed E-state index contributed by atoms with van der Waals surface area (Å²) in [7, 11) is 0. The molecule has 2 aromatic rings. The third-order valence-corrected chi connectivity index (χ3v) is 4.58. The van der Waals surface area contributed by atoms with Crippen LogP contribution in [0.4, 0.5) is 5.95 Å². The van der Waals surface area contributed by atoms with E-state index in [0.717, 1.165) is 62.6 Å². The highest BCUT2D eigenvalue weighted by Gasteiger charge is 2.20. The average Bonchev–Trinajstić information content (AvgIpc) is 2.70. The number of aliphatic imine (C=N–C) groups is 1. The zero-order chi connectivity index (χ0) is 18.2. The molecule has 0 radical (unpaired) electrons. The Hall–Kier alpha value is -1.61. The quantitative estimate of drug-likeness (QED) is 0.388. The number of aromatic nitrogens is 2. The lowest BCUT2D eigenvalue weighted by Gasteiger charge is -2.36. The van der Waals surface area contributed by atoms with Gasteiger partial charge in [0.1, 0.15) is 0 Å². The number of anilines is 1. The van der Waals surface area contributed by atoms with E-state index in [1.165, 1.54) is 5.56 Å². The fourth-order valence-corrected chi connectivity index (χ4v) is 3.07. The van der Waals surface area contributed by atoms with E-state index in [9.17, 15) is 0 Å². The monoisotopic (exact) mass is 500 g/mol. The Morgan fingerprint density at radius 1 is 1.11 bits per heavy atom. The van der Waals surface area contributed by atoms with Crippen molar-refractivity contribution in [3.8, 4) is 0 Å². The summed E-state index contributed by atoms with van der Waals surface area (Å²) in [5.74, 6) is 1.78. The number of rotatable bonds is 5. The molecule has 1 aromatic heterocycles. The van der Waals surface area contributed by atoms with E-state index in [0.29, 0.717) is 0 Å². The van der Waals surface area contributed by atoms with Crippen LogP contribution in [0.2, 0.25) is 5.02 Å². The van der Waals surface area contributed by atoms with Gasteiger partial charge in [0.2, 0.25) is 5.95 Å². The van der Waals surface area contributed by atoms with Crippen molar-refractivity contribution in [2.45, 2.75) is 13.3 Å². The summed E-state index contributed by atoms with van der Waals surface area (Å²) in [6, 6.07) is 9.82. The normalized spacial score (nSPS) is 14.7. The van der Waals surface area contributed by atoms with Crippen molar-refractivity contribution in [1.82, 2.24) is 20.2 Å². The van der Waals surface area contributed by atoms with Crippen molar-refractivity contribution in [3.63, 3.8) is 0 Å². The molecular formula is C19H26ClIN6. The van der Waals surface area contributed by atoms with Crippen LogP contribution in [0.25, 0.3) is 0 Å². The molecule has 27 heavy (non-hydrogen) atoms. The van der Waals surface area contributed by atoms with Gasteiger partial charge >= 0.3 is 0 Å². The predicted molar refractivity (Wildman–Crippen MR) is 122 cm³/mol. The first-order valence-corrected chi connectivity index (χ1v) is 9.43. The molecule has 8 heteroatoms. The molecule has 1 aromatic carbocycles. The van der Waals surface area contributed by atoms with Crippen molar-refractivity contribution >= 4 is 47.5 Å². The second kappa shape index (κ2) is 11.3. The summed E-state index contributed by atoms with van der Waals surface area (Å²) >= 11 is 5.94. The number of nitrogens with one attached hydrogen (secondary N) is 1. The van der Waals surface area contributed by atoms with Gasteiger partial charge in [-0.3, -0.25) is 4.99 Å². The van der Waals surface area contributed by atoms with Crippen LogP contribution in [-0.4, -0.2) is 60.1 Å². The van der Waals surface area contributed by atoms with Crippen LogP contribution in [0.15, 0.2) is 47.7 Å². The lowest BCUT2D eigenvalue weighted by Crippen LogP contribution is -2.53. The molecule has 0 unspecified atom stereocenters. The van der Waals surface area contributed by atoms with Gasteiger partial charge in [0.15, 0.2) is 5.96 Å². The van der Waals surface area contributed by atoms with E-state index in [-0.39, 0.29) is 24.0 Å². The molecule has 1 fully saturated rings. The van der Waals surface area contributed by atoms with Crippen molar-refractivity contribution in [2.75, 3.05) is 44.2 Å². The van der Waals surface area contributed by atoms with Gasteiger partial charge in [0.25, 0.3) is 0 Å². The SMILES string of the molecule is CCNC(=NCCc1ccc(Cl)cc1)N1CCN(c2ncccn2)CC1.I. The first-order valence-electron chi connectivity index (χ1n) is 9.06. The molecular weight excluding hydrogens is 475 g/mol. The number of benzene rings is 1. The zero-order valence-corrected chi connectivity index (χ0v) is 18.6. The van der Waals surface area contributed by atoms with Crippen LogP contribution in [-0.2, 0) is 6.42 Å². The van der Waals surface area contributed by atoms with Gasteiger partial charge in [0, 0.05) is 56.7 Å². The van der Waals surface area contributed by atoms with Crippen molar-refractivity contribution < 1.29 is 0 Å². The molecule has 2 heterocycles. The van der Waals surface area contributed by atoms with Gasteiger partial charge in [-0.25, -0.2) is 9.97 Å². The Kier molecular flexibility index (Phi) is 9.06. The molecule has 0 saturated carbocycles. The first-order chi connectivity index (χ1) is 12.8. The maximum Gasteiger partial charge on any atom is 0.225 e. The highest BCUT2D eigenvalue weighted by molar-refractivity contribution is 14.0. The first kappa shape index (κ1) is 21.7. The number of halogens is 2. The molecule has 6 nitrogen and oxygen atoms in total. The Balaban J connectivity index is 0.00000261. The second-order valence-electron chi connectivity index (χ2n) is 6.14. The standard InChI is InChI=1S/C19H25ClN6.HI/c1-2-21-18(24-11-8-16-4-6-17(20)7-5-16)25-12-14-26(15-13-25)19-22-9-3-10-23-19;/h3-7,9-10H,2,8,11-15H2,1H3,(H,21,24);1H. The molecule has 0 bridgehead atoms. The molecule has 1 aliphatic rings. The average molecular weight is 501 g/mol. The molecule has 3 rings (SSSR count). The minimum Gasteiger partial charge on any atom is -0.357 e. The second-order valence-corrected chi connectivity index (χ2v) is 6.57. The number of guanidine groups is 1. The van der Waals surface area contributed by atoms with E-state index >= 15 is 0 Å². The number of hydrogen-bond acceptors (Lipinski definition) is 4. The summed E-state index contributed by atoms with van der Waals surface area (Å²) in [5, 5.41) is 4.18. The van der Waals surface area contributed by atoms with Gasteiger partial charge in [-0.15, -0.1) is 24.0 Å². The molecule has 1 saturated heterocycles. The van der Waals surface area contributed by atoms with Crippen molar-refractivity contribution in [2.24, 2.45) is 4.99 Å². The van der Waals surface area contributed by atoms with Crippen LogP contribution >= 0.6 is 35.6 Å². The summed E-state index contributed by atoms with van der Waals surface area (Å²) in [4.78, 5) is 18.0. The van der Waals surface area contributed by atoms with Crippen molar-refractivity contribution in [3.05, 3.63) is 53.3 Å². The maximum absolute atomic E-state index is 5.94. The molecule has 0 spiro atoms. The van der Waals surface area contributed by atoms with Gasteiger partial charge in [0.05, 0.1) is 0 Å². The minimum atomic E-state index is 0.